The summed E-state index contributed by atoms with van der Waals surface area (Å²) in [5, 5.41) is 12.5. The molecule has 0 unspecified atom stereocenters. The van der Waals surface area contributed by atoms with Crippen LogP contribution in [0.2, 0.25) is 0 Å². The van der Waals surface area contributed by atoms with Crippen molar-refractivity contribution in [3.63, 3.8) is 0 Å². The lowest BCUT2D eigenvalue weighted by atomic mass is 10.1. The zero-order valence-corrected chi connectivity index (χ0v) is 14.6. The van der Waals surface area contributed by atoms with Gasteiger partial charge in [0.15, 0.2) is 5.82 Å². The molecule has 25 heavy (non-hydrogen) atoms. The minimum absolute atomic E-state index is 0.132. The molecule has 6 nitrogen and oxygen atoms in total. The Kier molecular flexibility index (Phi) is 5.25. The second kappa shape index (κ2) is 7.58. The Bertz CT molecular complexity index is 929. The topological polar surface area (TPSA) is 84.0 Å². The number of rotatable bonds is 7. The molecule has 3 rings (SSSR count). The van der Waals surface area contributed by atoms with Gasteiger partial charge in [0, 0.05) is 6.54 Å². The molecule has 2 heterocycles. The van der Waals surface area contributed by atoms with Gasteiger partial charge in [0.05, 0.1) is 0 Å². The number of sulfonamides is 1. The first-order chi connectivity index (χ1) is 12.0. The van der Waals surface area contributed by atoms with Crippen molar-refractivity contribution in [3.05, 3.63) is 65.3 Å². The molecule has 0 radical (unpaired) electrons. The minimum Gasteiger partial charge on any atom is -0.368 e. The lowest BCUT2D eigenvalue weighted by molar-refractivity contribution is 0.603. The van der Waals surface area contributed by atoms with Crippen molar-refractivity contribution in [1.82, 2.24) is 10.2 Å². The van der Waals surface area contributed by atoms with Crippen molar-refractivity contribution in [2.24, 2.45) is 0 Å². The first kappa shape index (κ1) is 17.3. The van der Waals surface area contributed by atoms with E-state index in [1.165, 1.54) is 18.2 Å². The Morgan fingerprint density at radius 3 is 2.44 bits per heavy atom. The van der Waals surface area contributed by atoms with Crippen LogP contribution in [0.5, 0.6) is 0 Å². The molecule has 0 aliphatic carbocycles. The normalized spacial score (nSPS) is 11.2. The SMILES string of the molecule is O=S(=O)(Nc1ccc(NCCc2ccccc2F)nn1)c1cccs1. The van der Waals surface area contributed by atoms with Crippen LogP contribution in [0.3, 0.4) is 0 Å². The summed E-state index contributed by atoms with van der Waals surface area (Å²) >= 11 is 1.12. The second-order valence-corrected chi connectivity index (χ2v) is 7.97. The number of hydrogen-bond donors (Lipinski definition) is 2. The lowest BCUT2D eigenvalue weighted by Gasteiger charge is -2.07. The summed E-state index contributed by atoms with van der Waals surface area (Å²) in [4.78, 5) is 0. The summed E-state index contributed by atoms with van der Waals surface area (Å²) in [5.41, 5.74) is 0.614. The molecule has 0 fully saturated rings. The largest absolute Gasteiger partial charge is 0.368 e. The van der Waals surface area contributed by atoms with Gasteiger partial charge >= 0.3 is 0 Å². The number of aromatic nitrogens is 2. The fourth-order valence-corrected chi connectivity index (χ4v) is 4.10. The Morgan fingerprint density at radius 1 is 1.00 bits per heavy atom. The third kappa shape index (κ3) is 4.52. The third-order valence-corrected chi connectivity index (χ3v) is 6.07. The smallest absolute Gasteiger partial charge is 0.272 e. The van der Waals surface area contributed by atoms with Crippen molar-refractivity contribution < 1.29 is 12.8 Å². The summed E-state index contributed by atoms with van der Waals surface area (Å²) in [7, 11) is -3.64. The molecule has 0 amide bonds. The van der Waals surface area contributed by atoms with Crippen molar-refractivity contribution in [2.75, 3.05) is 16.6 Å². The summed E-state index contributed by atoms with van der Waals surface area (Å²) in [6, 6.07) is 12.9. The van der Waals surface area contributed by atoms with Crippen molar-refractivity contribution >= 4 is 33.0 Å². The average molecular weight is 378 g/mol. The van der Waals surface area contributed by atoms with Gasteiger partial charge in [-0.15, -0.1) is 21.5 Å². The van der Waals surface area contributed by atoms with E-state index in [0.29, 0.717) is 24.3 Å². The molecule has 0 saturated carbocycles. The third-order valence-electron chi connectivity index (χ3n) is 3.32. The monoisotopic (exact) mass is 378 g/mol. The lowest BCUT2D eigenvalue weighted by Crippen LogP contribution is -2.13. The van der Waals surface area contributed by atoms with Gasteiger partial charge in [0.25, 0.3) is 10.0 Å². The van der Waals surface area contributed by atoms with E-state index in [1.807, 2.05) is 0 Å². The van der Waals surface area contributed by atoms with Gasteiger partial charge in [-0.25, -0.2) is 12.8 Å². The number of hydrogen-bond acceptors (Lipinski definition) is 6. The van der Waals surface area contributed by atoms with E-state index in [-0.39, 0.29) is 15.8 Å². The summed E-state index contributed by atoms with van der Waals surface area (Å²) in [6.45, 7) is 0.482. The highest BCUT2D eigenvalue weighted by Crippen LogP contribution is 2.19. The van der Waals surface area contributed by atoms with Crippen LogP contribution in [0.25, 0.3) is 0 Å². The van der Waals surface area contributed by atoms with Crippen molar-refractivity contribution in [2.45, 2.75) is 10.6 Å². The van der Waals surface area contributed by atoms with Crippen LogP contribution in [0.1, 0.15) is 5.56 Å². The summed E-state index contributed by atoms with van der Waals surface area (Å²) < 4.78 is 40.3. The van der Waals surface area contributed by atoms with Gasteiger partial charge in [-0.2, -0.15) is 0 Å². The van der Waals surface area contributed by atoms with Crippen LogP contribution in [0.4, 0.5) is 16.0 Å². The number of anilines is 2. The number of nitrogens with zero attached hydrogens (tertiary/aromatic N) is 2. The van der Waals surface area contributed by atoms with E-state index in [0.717, 1.165) is 11.3 Å². The van der Waals surface area contributed by atoms with Gasteiger partial charge in [0.1, 0.15) is 15.8 Å². The number of nitrogens with one attached hydrogen (secondary N) is 2. The minimum atomic E-state index is -3.64. The fraction of sp³-hybridized carbons (Fsp3) is 0.125. The molecule has 0 atom stereocenters. The molecule has 0 aliphatic rings. The molecule has 2 aromatic heterocycles. The predicted octanol–water partition coefficient (Wildman–Crippen LogP) is 3.13. The molecule has 130 valence electrons. The van der Waals surface area contributed by atoms with Crippen molar-refractivity contribution in [1.29, 1.82) is 0 Å². The molecular weight excluding hydrogens is 363 g/mol. The second-order valence-electron chi connectivity index (χ2n) is 5.11. The molecule has 0 saturated heterocycles. The zero-order chi connectivity index (χ0) is 17.7. The quantitative estimate of drug-likeness (QED) is 0.660. The van der Waals surface area contributed by atoms with Crippen LogP contribution in [0.15, 0.2) is 58.1 Å². The van der Waals surface area contributed by atoms with Crippen LogP contribution >= 0.6 is 11.3 Å². The first-order valence-electron chi connectivity index (χ1n) is 7.42. The number of halogens is 1. The van der Waals surface area contributed by atoms with Gasteiger partial charge in [-0.3, -0.25) is 4.72 Å². The van der Waals surface area contributed by atoms with E-state index < -0.39 is 10.0 Å². The van der Waals surface area contributed by atoms with E-state index in [2.05, 4.69) is 20.2 Å². The van der Waals surface area contributed by atoms with E-state index in [4.69, 9.17) is 0 Å². The van der Waals surface area contributed by atoms with Gasteiger partial charge in [0.2, 0.25) is 0 Å². The highest BCUT2D eigenvalue weighted by molar-refractivity contribution is 7.94. The molecule has 0 spiro atoms. The first-order valence-corrected chi connectivity index (χ1v) is 9.78. The van der Waals surface area contributed by atoms with E-state index in [9.17, 15) is 12.8 Å². The molecular formula is C16H15FN4O2S2. The molecule has 9 heteroatoms. The highest BCUT2D eigenvalue weighted by Gasteiger charge is 2.15. The summed E-state index contributed by atoms with van der Waals surface area (Å²) in [6.07, 6.45) is 0.501. The zero-order valence-electron chi connectivity index (χ0n) is 13.0. The predicted molar refractivity (Wildman–Crippen MR) is 95.8 cm³/mol. The molecule has 2 N–H and O–H groups in total. The number of thiophene rings is 1. The molecule has 0 bridgehead atoms. The van der Waals surface area contributed by atoms with Crippen LogP contribution in [-0.4, -0.2) is 25.2 Å². The standard InChI is InChI=1S/C16H15FN4O2S2/c17-13-5-2-1-4-12(13)9-10-18-14-7-8-15(20-19-14)21-25(22,23)16-6-3-11-24-16/h1-8,11H,9-10H2,(H,18,19)(H,20,21). The van der Waals surface area contributed by atoms with Crippen LogP contribution in [0, 0.1) is 5.82 Å². The van der Waals surface area contributed by atoms with Gasteiger partial charge < -0.3 is 5.32 Å². The average Bonchev–Trinajstić information content (AvgIpc) is 3.13. The Balaban J connectivity index is 1.56. The Morgan fingerprint density at radius 2 is 1.76 bits per heavy atom. The van der Waals surface area contributed by atoms with Gasteiger partial charge in [-0.1, -0.05) is 24.3 Å². The van der Waals surface area contributed by atoms with Crippen molar-refractivity contribution in [3.8, 4) is 0 Å². The molecule has 0 aliphatic heterocycles. The maximum Gasteiger partial charge on any atom is 0.272 e. The van der Waals surface area contributed by atoms with Gasteiger partial charge in [-0.05, 0) is 41.6 Å². The molecule has 3 aromatic rings. The van der Waals surface area contributed by atoms with Crippen LogP contribution in [-0.2, 0) is 16.4 Å². The number of benzene rings is 1. The maximum absolute atomic E-state index is 13.5. The highest BCUT2D eigenvalue weighted by atomic mass is 32.2. The Labute approximate surface area is 148 Å². The molecule has 1 aromatic carbocycles. The van der Waals surface area contributed by atoms with Crippen LogP contribution < -0.4 is 10.0 Å². The van der Waals surface area contributed by atoms with E-state index >= 15 is 0 Å². The summed E-state index contributed by atoms with van der Waals surface area (Å²) in [5.74, 6) is 0.372. The maximum atomic E-state index is 13.5. The van der Waals surface area contributed by atoms with E-state index in [1.54, 1.807) is 35.7 Å². The fourth-order valence-electron chi connectivity index (χ4n) is 2.11. The Hall–Kier alpha value is -2.52.